The number of rotatable bonds is 10. The van der Waals surface area contributed by atoms with E-state index in [1.807, 2.05) is 55.5 Å². The number of hydrogen-bond donors (Lipinski definition) is 0. The SMILES string of the molecule is C=C(C)COc1ccc(OC/C=C/c2ccc(-c3ccc(OC(=O)C(=C)C)cc3)cc2)cc1. The fourth-order valence-corrected chi connectivity index (χ4v) is 2.86. The van der Waals surface area contributed by atoms with Gasteiger partial charge in [-0.1, -0.05) is 55.6 Å². The van der Waals surface area contributed by atoms with Crippen molar-refractivity contribution in [2.75, 3.05) is 13.2 Å². The van der Waals surface area contributed by atoms with Gasteiger partial charge in [-0.05, 0) is 78.6 Å². The van der Waals surface area contributed by atoms with E-state index in [1.165, 1.54) is 0 Å². The third-order valence-corrected chi connectivity index (χ3v) is 4.62. The molecule has 0 radical (unpaired) electrons. The van der Waals surface area contributed by atoms with Gasteiger partial charge in [0.15, 0.2) is 0 Å². The molecule has 0 aromatic heterocycles. The molecule has 0 aliphatic rings. The molecule has 0 atom stereocenters. The molecular weight excluding hydrogens is 412 g/mol. The van der Waals surface area contributed by atoms with Crippen LogP contribution in [0.4, 0.5) is 0 Å². The molecule has 0 fully saturated rings. The summed E-state index contributed by atoms with van der Waals surface area (Å²) in [5.74, 6) is 1.66. The molecule has 33 heavy (non-hydrogen) atoms. The van der Waals surface area contributed by atoms with Gasteiger partial charge in [-0.2, -0.15) is 0 Å². The second-order valence-electron chi connectivity index (χ2n) is 7.75. The zero-order valence-corrected chi connectivity index (χ0v) is 19.0. The lowest BCUT2D eigenvalue weighted by Crippen LogP contribution is -2.07. The van der Waals surface area contributed by atoms with Gasteiger partial charge in [0.25, 0.3) is 0 Å². The third-order valence-electron chi connectivity index (χ3n) is 4.62. The van der Waals surface area contributed by atoms with Crippen LogP contribution in [0, 0.1) is 0 Å². The fraction of sp³-hybridized carbons (Fsp3) is 0.138. The van der Waals surface area contributed by atoms with Crippen molar-refractivity contribution in [3.05, 3.63) is 109 Å². The van der Waals surface area contributed by atoms with Gasteiger partial charge in [0, 0.05) is 5.57 Å². The Labute approximate surface area is 195 Å². The first kappa shape index (κ1) is 23.6. The summed E-state index contributed by atoms with van der Waals surface area (Å²) >= 11 is 0. The zero-order chi connectivity index (χ0) is 23.6. The van der Waals surface area contributed by atoms with Crippen molar-refractivity contribution < 1.29 is 19.0 Å². The number of carbonyl (C=O) groups excluding carboxylic acids is 1. The van der Waals surface area contributed by atoms with Gasteiger partial charge in [0.05, 0.1) is 0 Å². The molecular formula is C29H28O4. The Balaban J connectivity index is 1.49. The molecule has 168 valence electrons. The van der Waals surface area contributed by atoms with Gasteiger partial charge in [-0.25, -0.2) is 4.79 Å². The topological polar surface area (TPSA) is 44.8 Å². The van der Waals surface area contributed by atoms with Crippen LogP contribution in [0.5, 0.6) is 17.2 Å². The van der Waals surface area contributed by atoms with Crippen LogP contribution in [0.25, 0.3) is 17.2 Å². The van der Waals surface area contributed by atoms with Gasteiger partial charge >= 0.3 is 5.97 Å². The lowest BCUT2D eigenvalue weighted by Gasteiger charge is -2.07. The molecule has 4 nitrogen and oxygen atoms in total. The Morgan fingerprint density at radius 1 is 0.758 bits per heavy atom. The van der Waals surface area contributed by atoms with E-state index >= 15 is 0 Å². The van der Waals surface area contributed by atoms with Crippen molar-refractivity contribution in [2.24, 2.45) is 0 Å². The molecule has 3 aromatic carbocycles. The first-order valence-corrected chi connectivity index (χ1v) is 10.7. The highest BCUT2D eigenvalue weighted by Gasteiger charge is 2.05. The van der Waals surface area contributed by atoms with E-state index < -0.39 is 5.97 Å². The maximum absolute atomic E-state index is 11.6. The van der Waals surface area contributed by atoms with Gasteiger partial charge in [0.2, 0.25) is 0 Å². The van der Waals surface area contributed by atoms with Crippen molar-refractivity contribution in [2.45, 2.75) is 13.8 Å². The maximum Gasteiger partial charge on any atom is 0.338 e. The van der Waals surface area contributed by atoms with Crippen LogP contribution >= 0.6 is 0 Å². The average molecular weight is 441 g/mol. The summed E-state index contributed by atoms with van der Waals surface area (Å²) in [4.78, 5) is 11.6. The van der Waals surface area contributed by atoms with E-state index in [2.05, 4.69) is 37.4 Å². The van der Waals surface area contributed by atoms with Crippen LogP contribution in [0.3, 0.4) is 0 Å². The highest BCUT2D eigenvalue weighted by atomic mass is 16.5. The quantitative estimate of drug-likeness (QED) is 0.149. The minimum atomic E-state index is -0.424. The molecule has 4 heteroatoms. The molecule has 0 unspecified atom stereocenters. The molecule has 3 rings (SSSR count). The molecule has 0 spiro atoms. The van der Waals surface area contributed by atoms with E-state index in [4.69, 9.17) is 14.2 Å². The molecule has 0 saturated heterocycles. The Bertz CT molecular complexity index is 1120. The summed E-state index contributed by atoms with van der Waals surface area (Å²) in [6.45, 7) is 11.9. The van der Waals surface area contributed by atoms with Crippen LogP contribution in [0.2, 0.25) is 0 Å². The van der Waals surface area contributed by atoms with Crippen molar-refractivity contribution >= 4 is 12.0 Å². The summed E-state index contributed by atoms with van der Waals surface area (Å²) in [6, 6.07) is 23.2. The van der Waals surface area contributed by atoms with E-state index in [0.29, 0.717) is 24.5 Å². The van der Waals surface area contributed by atoms with Crippen LogP contribution in [0.1, 0.15) is 19.4 Å². The number of carbonyl (C=O) groups is 1. The summed E-state index contributed by atoms with van der Waals surface area (Å²) in [5, 5.41) is 0. The van der Waals surface area contributed by atoms with Gasteiger partial charge in [-0.15, -0.1) is 0 Å². The van der Waals surface area contributed by atoms with Crippen molar-refractivity contribution in [1.82, 2.24) is 0 Å². The zero-order valence-electron chi connectivity index (χ0n) is 19.0. The Morgan fingerprint density at radius 2 is 1.27 bits per heavy atom. The Morgan fingerprint density at radius 3 is 1.82 bits per heavy atom. The van der Waals surface area contributed by atoms with Crippen LogP contribution in [0.15, 0.2) is 103 Å². The number of esters is 1. The molecule has 3 aromatic rings. The van der Waals surface area contributed by atoms with Crippen LogP contribution < -0.4 is 14.2 Å². The molecule has 0 aliphatic carbocycles. The van der Waals surface area contributed by atoms with E-state index in [9.17, 15) is 4.79 Å². The highest BCUT2D eigenvalue weighted by Crippen LogP contribution is 2.24. The smallest absolute Gasteiger partial charge is 0.338 e. The number of hydrogen-bond acceptors (Lipinski definition) is 4. The summed E-state index contributed by atoms with van der Waals surface area (Å²) in [7, 11) is 0. The summed E-state index contributed by atoms with van der Waals surface area (Å²) in [5.41, 5.74) is 4.55. The normalized spacial score (nSPS) is 10.6. The van der Waals surface area contributed by atoms with Gasteiger partial charge in [-0.3, -0.25) is 0 Å². The first-order chi connectivity index (χ1) is 15.9. The van der Waals surface area contributed by atoms with E-state index in [1.54, 1.807) is 19.1 Å². The second-order valence-corrected chi connectivity index (χ2v) is 7.75. The van der Waals surface area contributed by atoms with E-state index in [0.717, 1.165) is 33.8 Å². The average Bonchev–Trinajstić information content (AvgIpc) is 2.82. The molecule has 0 bridgehead atoms. The molecule has 0 amide bonds. The third kappa shape index (κ3) is 7.54. The molecule has 0 aliphatic heterocycles. The summed E-state index contributed by atoms with van der Waals surface area (Å²) in [6.07, 6.45) is 4.00. The minimum absolute atomic E-state index is 0.370. The predicted octanol–water partition coefficient (Wildman–Crippen LogP) is 6.88. The van der Waals surface area contributed by atoms with Crippen LogP contribution in [-0.4, -0.2) is 19.2 Å². The molecule has 0 saturated carbocycles. The molecule has 0 heterocycles. The fourth-order valence-electron chi connectivity index (χ4n) is 2.86. The Kier molecular flexibility index (Phi) is 8.25. The number of benzene rings is 3. The maximum atomic E-state index is 11.6. The lowest BCUT2D eigenvalue weighted by molar-refractivity contribution is -0.130. The van der Waals surface area contributed by atoms with Gasteiger partial charge in [0.1, 0.15) is 30.5 Å². The second kappa shape index (κ2) is 11.5. The van der Waals surface area contributed by atoms with E-state index in [-0.39, 0.29) is 0 Å². The lowest BCUT2D eigenvalue weighted by atomic mass is 10.0. The first-order valence-electron chi connectivity index (χ1n) is 10.7. The monoisotopic (exact) mass is 440 g/mol. The predicted molar refractivity (Wildman–Crippen MR) is 134 cm³/mol. The molecule has 0 N–H and O–H groups in total. The Hall–Kier alpha value is -4.05. The standard InChI is InChI=1S/C29H28O4/c1-21(2)20-32-27-17-15-26(16-18-27)31-19-5-6-23-7-9-24(10-8-23)25-11-13-28(14-12-25)33-29(30)22(3)4/h5-18H,1,3,19-20H2,2,4H3/b6-5+. The van der Waals surface area contributed by atoms with Crippen molar-refractivity contribution in [1.29, 1.82) is 0 Å². The largest absolute Gasteiger partial charge is 0.490 e. The summed E-state index contributed by atoms with van der Waals surface area (Å²) < 4.78 is 16.6. The van der Waals surface area contributed by atoms with Crippen LogP contribution in [-0.2, 0) is 4.79 Å². The van der Waals surface area contributed by atoms with Crippen molar-refractivity contribution in [3.63, 3.8) is 0 Å². The number of ether oxygens (including phenoxy) is 3. The van der Waals surface area contributed by atoms with Gasteiger partial charge < -0.3 is 14.2 Å². The minimum Gasteiger partial charge on any atom is -0.490 e. The highest BCUT2D eigenvalue weighted by molar-refractivity contribution is 5.88. The van der Waals surface area contributed by atoms with Crippen molar-refractivity contribution in [3.8, 4) is 28.4 Å².